The van der Waals surface area contributed by atoms with Crippen LogP contribution in [0, 0.1) is 11.8 Å². The summed E-state index contributed by atoms with van der Waals surface area (Å²) in [5.41, 5.74) is 1.99. The van der Waals surface area contributed by atoms with Gasteiger partial charge in [-0.3, -0.25) is 4.79 Å². The molecule has 1 saturated heterocycles. The topological polar surface area (TPSA) is 63.6 Å². The van der Waals surface area contributed by atoms with Gasteiger partial charge in [-0.15, -0.1) is 11.8 Å². The molecule has 3 aliphatic heterocycles. The fourth-order valence-electron chi connectivity index (χ4n) is 5.82. The van der Waals surface area contributed by atoms with E-state index in [4.69, 9.17) is 17.0 Å². The van der Waals surface area contributed by atoms with Gasteiger partial charge in [0.15, 0.2) is 5.11 Å². The zero-order valence-corrected chi connectivity index (χ0v) is 19.5. The van der Waals surface area contributed by atoms with Crippen LogP contribution >= 0.6 is 24.0 Å². The number of esters is 1. The van der Waals surface area contributed by atoms with Crippen molar-refractivity contribution in [3.8, 4) is 0 Å². The molecule has 1 saturated carbocycles. The standard InChI is InChI=1S/C23H29N3O3S2/c1-29-22(28)20-16-6-3-2-4-8-18(16)31-21(20)24-23(30)25-11-14-10-15(13-25)17-7-5-9-19(27)26(17)12-14/h5,7,9,14-16,18H,2-4,6,8,10-13H2,1H3,(H,24,30)/t14-,15-,16+,18-/m0/s1. The lowest BCUT2D eigenvalue weighted by Crippen LogP contribution is -2.51. The van der Waals surface area contributed by atoms with Crippen LogP contribution in [0.5, 0.6) is 0 Å². The maximum absolute atomic E-state index is 12.7. The maximum Gasteiger partial charge on any atom is 0.336 e. The van der Waals surface area contributed by atoms with Gasteiger partial charge in [0, 0.05) is 48.5 Å². The summed E-state index contributed by atoms with van der Waals surface area (Å²) in [7, 11) is 1.46. The highest BCUT2D eigenvalue weighted by Gasteiger charge is 2.41. The van der Waals surface area contributed by atoms with Crippen LogP contribution in [0.4, 0.5) is 0 Å². The first kappa shape index (κ1) is 21.1. The molecule has 166 valence electrons. The Morgan fingerprint density at radius 3 is 2.87 bits per heavy atom. The average molecular weight is 460 g/mol. The predicted octanol–water partition coefficient (Wildman–Crippen LogP) is 3.22. The highest BCUT2D eigenvalue weighted by molar-refractivity contribution is 8.04. The Labute approximate surface area is 192 Å². The highest BCUT2D eigenvalue weighted by atomic mass is 32.2. The van der Waals surface area contributed by atoms with E-state index < -0.39 is 0 Å². The molecule has 1 aromatic rings. The third-order valence-corrected chi connectivity index (χ3v) is 9.01. The van der Waals surface area contributed by atoms with E-state index >= 15 is 0 Å². The van der Waals surface area contributed by atoms with E-state index in [1.54, 1.807) is 17.8 Å². The number of pyridine rings is 1. The van der Waals surface area contributed by atoms with Gasteiger partial charge >= 0.3 is 5.97 Å². The van der Waals surface area contributed by atoms with Gasteiger partial charge in [0.05, 0.1) is 17.7 Å². The van der Waals surface area contributed by atoms with Crippen molar-refractivity contribution >= 4 is 35.1 Å². The second kappa shape index (κ2) is 8.62. The average Bonchev–Trinajstić information content (AvgIpc) is 2.94. The number of aromatic nitrogens is 1. The van der Waals surface area contributed by atoms with E-state index in [-0.39, 0.29) is 17.4 Å². The molecule has 1 N–H and O–H groups in total. The van der Waals surface area contributed by atoms with Gasteiger partial charge in [0.25, 0.3) is 5.56 Å². The third kappa shape index (κ3) is 3.93. The second-order valence-electron chi connectivity index (χ2n) is 9.17. The molecule has 2 bridgehead atoms. The van der Waals surface area contributed by atoms with E-state index in [2.05, 4.69) is 16.3 Å². The minimum atomic E-state index is -0.226. The van der Waals surface area contributed by atoms with Crippen molar-refractivity contribution in [3.63, 3.8) is 0 Å². The van der Waals surface area contributed by atoms with Crippen LogP contribution in [0.15, 0.2) is 33.6 Å². The van der Waals surface area contributed by atoms with Crippen LogP contribution in [0.2, 0.25) is 0 Å². The van der Waals surface area contributed by atoms with Crippen molar-refractivity contribution in [1.29, 1.82) is 0 Å². The fraction of sp³-hybridized carbons (Fsp3) is 0.609. The summed E-state index contributed by atoms with van der Waals surface area (Å²) in [6, 6.07) is 5.58. The molecule has 0 spiro atoms. The van der Waals surface area contributed by atoms with Crippen molar-refractivity contribution in [3.05, 3.63) is 44.8 Å². The molecule has 31 heavy (non-hydrogen) atoms. The number of likely N-dealkylation sites (tertiary alicyclic amines) is 1. The first-order chi connectivity index (χ1) is 15.0. The lowest BCUT2D eigenvalue weighted by molar-refractivity contribution is -0.136. The summed E-state index contributed by atoms with van der Waals surface area (Å²) in [6.45, 7) is 2.38. The second-order valence-corrected chi connectivity index (χ2v) is 10.8. The molecule has 5 rings (SSSR count). The Balaban J connectivity index is 1.35. The number of hydrogen-bond acceptors (Lipinski definition) is 5. The monoisotopic (exact) mass is 459 g/mol. The summed E-state index contributed by atoms with van der Waals surface area (Å²) in [5, 5.41) is 5.45. The van der Waals surface area contributed by atoms with Crippen molar-refractivity contribution in [1.82, 2.24) is 14.8 Å². The highest BCUT2D eigenvalue weighted by Crippen LogP contribution is 2.47. The van der Waals surface area contributed by atoms with Crippen LogP contribution in [0.25, 0.3) is 0 Å². The Hall–Kier alpha value is -1.80. The lowest BCUT2D eigenvalue weighted by Gasteiger charge is -2.43. The zero-order valence-electron chi connectivity index (χ0n) is 17.8. The summed E-state index contributed by atoms with van der Waals surface area (Å²) < 4.78 is 7.09. The Morgan fingerprint density at radius 2 is 2.03 bits per heavy atom. The SMILES string of the molecule is COC(=O)C1=C(NC(=S)N2C[C@@H]3C[C@@H](C2)c2cccc(=O)n2C3)S[C@H]2CCCCC[C@@H]12. The Bertz CT molecular complexity index is 989. The van der Waals surface area contributed by atoms with Crippen molar-refractivity contribution < 1.29 is 9.53 Å². The van der Waals surface area contributed by atoms with Gasteiger partial charge in [0.1, 0.15) is 0 Å². The molecule has 0 aromatic carbocycles. The molecule has 0 unspecified atom stereocenters. The Kier molecular flexibility index (Phi) is 5.86. The van der Waals surface area contributed by atoms with Gasteiger partial charge < -0.3 is 19.5 Å². The number of fused-ring (bicyclic) bond motifs is 5. The van der Waals surface area contributed by atoms with Gasteiger partial charge in [-0.25, -0.2) is 4.79 Å². The fourth-order valence-corrected chi connectivity index (χ4v) is 7.67. The number of nitrogens with zero attached hydrogens (tertiary/aromatic N) is 2. The van der Waals surface area contributed by atoms with Gasteiger partial charge in [-0.05, 0) is 43.5 Å². The summed E-state index contributed by atoms with van der Waals surface area (Å²) in [5.74, 6) is 0.737. The number of thiocarbonyl (C=S) groups is 1. The van der Waals surface area contributed by atoms with E-state index in [1.807, 2.05) is 10.6 Å². The number of thioether (sulfide) groups is 1. The van der Waals surface area contributed by atoms with Gasteiger partial charge in [-0.1, -0.05) is 25.3 Å². The van der Waals surface area contributed by atoms with Crippen molar-refractivity contribution in [2.75, 3.05) is 20.2 Å². The molecule has 4 atom stereocenters. The first-order valence-electron chi connectivity index (χ1n) is 11.3. The molecule has 1 aliphatic carbocycles. The van der Waals surface area contributed by atoms with E-state index in [1.165, 1.54) is 20.0 Å². The van der Waals surface area contributed by atoms with Crippen LogP contribution in [-0.4, -0.2) is 46.0 Å². The minimum absolute atomic E-state index is 0.0927. The first-order valence-corrected chi connectivity index (χ1v) is 12.6. The molecule has 4 heterocycles. The van der Waals surface area contributed by atoms with E-state index in [0.29, 0.717) is 22.2 Å². The van der Waals surface area contributed by atoms with Gasteiger partial charge in [-0.2, -0.15) is 0 Å². The van der Waals surface area contributed by atoms with Crippen LogP contribution in [0.1, 0.15) is 50.1 Å². The van der Waals surface area contributed by atoms with Gasteiger partial charge in [0.2, 0.25) is 0 Å². The quantitative estimate of drug-likeness (QED) is 0.538. The minimum Gasteiger partial charge on any atom is -0.466 e. The number of hydrogen-bond donors (Lipinski definition) is 1. The Morgan fingerprint density at radius 1 is 1.19 bits per heavy atom. The van der Waals surface area contributed by atoms with Crippen LogP contribution in [-0.2, 0) is 16.1 Å². The maximum atomic E-state index is 12.7. The largest absolute Gasteiger partial charge is 0.466 e. The molecule has 1 aromatic heterocycles. The number of ether oxygens (including phenoxy) is 1. The molecule has 6 nitrogen and oxygen atoms in total. The molecule has 4 aliphatic rings. The number of nitrogens with one attached hydrogen (secondary N) is 1. The van der Waals surface area contributed by atoms with E-state index in [9.17, 15) is 9.59 Å². The molecule has 0 amide bonds. The molecular weight excluding hydrogens is 430 g/mol. The predicted molar refractivity (Wildman–Crippen MR) is 126 cm³/mol. The smallest absolute Gasteiger partial charge is 0.336 e. The molecular formula is C23H29N3O3S2. The summed E-state index contributed by atoms with van der Waals surface area (Å²) in [6.07, 6.45) is 6.89. The summed E-state index contributed by atoms with van der Waals surface area (Å²) >= 11 is 7.60. The molecule has 2 fully saturated rings. The van der Waals surface area contributed by atoms with Crippen molar-refractivity contribution in [2.24, 2.45) is 11.8 Å². The number of methoxy groups -OCH3 is 1. The van der Waals surface area contributed by atoms with Crippen molar-refractivity contribution in [2.45, 2.75) is 56.2 Å². The summed E-state index contributed by atoms with van der Waals surface area (Å²) in [4.78, 5) is 27.2. The number of carbonyl (C=O) groups excluding carboxylic acids is 1. The molecule has 0 radical (unpaired) electrons. The third-order valence-electron chi connectivity index (χ3n) is 7.23. The number of piperidine rings is 1. The van der Waals surface area contributed by atoms with E-state index in [0.717, 1.165) is 61.6 Å². The van der Waals surface area contributed by atoms with Crippen LogP contribution < -0.4 is 10.9 Å². The normalized spacial score (nSPS) is 29.6. The zero-order chi connectivity index (χ0) is 21.5. The number of carbonyl (C=O) groups is 1. The number of rotatable bonds is 2. The lowest BCUT2D eigenvalue weighted by atomic mass is 9.83. The molecule has 8 heteroatoms. The van der Waals surface area contributed by atoms with Crippen LogP contribution in [0.3, 0.4) is 0 Å².